The van der Waals surface area contributed by atoms with Crippen molar-refractivity contribution in [2.45, 2.75) is 20.5 Å². The fraction of sp³-hybridized carbons (Fsp3) is 0.103. The molecule has 4 aromatic rings. The summed E-state index contributed by atoms with van der Waals surface area (Å²) in [7, 11) is 0. The lowest BCUT2D eigenvalue weighted by atomic mass is 10.0. The molecule has 0 aliphatic heterocycles. The molecule has 1 amide bonds. The summed E-state index contributed by atoms with van der Waals surface area (Å²) in [6.45, 7) is 4.51. The first-order valence-corrected chi connectivity index (χ1v) is 10.7. The number of ether oxygens (including phenoxy) is 1. The van der Waals surface area contributed by atoms with Crippen molar-refractivity contribution in [3.63, 3.8) is 0 Å². The van der Waals surface area contributed by atoms with E-state index in [-0.39, 0.29) is 5.57 Å². The number of aryl methyl sites for hydroxylation is 2. The number of fused-ring (bicyclic) bond motifs is 1. The molecule has 0 heterocycles. The summed E-state index contributed by atoms with van der Waals surface area (Å²) in [5.41, 5.74) is 4.77. The molecule has 4 rings (SSSR count). The van der Waals surface area contributed by atoms with Crippen molar-refractivity contribution >= 4 is 28.4 Å². The second-order valence-electron chi connectivity index (χ2n) is 7.97. The van der Waals surface area contributed by atoms with E-state index in [1.807, 2.05) is 60.7 Å². The second kappa shape index (κ2) is 9.84. The van der Waals surface area contributed by atoms with Crippen molar-refractivity contribution in [2.75, 3.05) is 5.32 Å². The molecule has 0 aliphatic carbocycles. The van der Waals surface area contributed by atoms with E-state index >= 15 is 0 Å². The molecule has 0 saturated heterocycles. The van der Waals surface area contributed by atoms with Crippen molar-refractivity contribution < 1.29 is 9.53 Å². The number of benzene rings is 4. The highest BCUT2D eigenvalue weighted by Crippen LogP contribution is 2.31. The third-order valence-corrected chi connectivity index (χ3v) is 5.29. The van der Waals surface area contributed by atoms with Gasteiger partial charge < -0.3 is 10.1 Å². The maximum atomic E-state index is 12.8. The molecule has 4 nitrogen and oxygen atoms in total. The molecule has 4 aromatic carbocycles. The Bertz CT molecular complexity index is 1360. The molecule has 0 spiro atoms. The highest BCUT2D eigenvalue weighted by atomic mass is 16.5. The Morgan fingerprint density at radius 3 is 2.36 bits per heavy atom. The van der Waals surface area contributed by atoms with Crippen LogP contribution in [0.2, 0.25) is 0 Å². The first-order chi connectivity index (χ1) is 16.0. The molecular weight excluding hydrogens is 408 g/mol. The van der Waals surface area contributed by atoms with Gasteiger partial charge in [0.25, 0.3) is 5.91 Å². The molecule has 0 aliphatic rings. The van der Waals surface area contributed by atoms with Gasteiger partial charge in [-0.1, -0.05) is 77.9 Å². The molecule has 162 valence electrons. The lowest BCUT2D eigenvalue weighted by molar-refractivity contribution is -0.112. The minimum Gasteiger partial charge on any atom is -0.488 e. The number of para-hydroxylation sites is 1. The van der Waals surface area contributed by atoms with E-state index in [0.717, 1.165) is 16.3 Å². The zero-order valence-corrected chi connectivity index (χ0v) is 18.6. The van der Waals surface area contributed by atoms with Crippen LogP contribution in [-0.4, -0.2) is 5.91 Å². The minimum atomic E-state index is -0.461. The van der Waals surface area contributed by atoms with Gasteiger partial charge in [-0.25, -0.2) is 0 Å². The fourth-order valence-corrected chi connectivity index (χ4v) is 3.88. The van der Waals surface area contributed by atoms with Gasteiger partial charge in [0.2, 0.25) is 0 Å². The summed E-state index contributed by atoms with van der Waals surface area (Å²) < 4.78 is 6.20. The quantitative estimate of drug-likeness (QED) is 0.276. The molecule has 0 atom stereocenters. The van der Waals surface area contributed by atoms with E-state index in [4.69, 9.17) is 4.74 Å². The van der Waals surface area contributed by atoms with Crippen LogP contribution in [-0.2, 0) is 11.4 Å². The van der Waals surface area contributed by atoms with Crippen molar-refractivity contribution in [2.24, 2.45) is 0 Å². The van der Waals surface area contributed by atoms with Crippen LogP contribution in [0, 0.1) is 25.2 Å². The maximum absolute atomic E-state index is 12.8. The summed E-state index contributed by atoms with van der Waals surface area (Å²) in [5.74, 6) is 0.157. The Morgan fingerprint density at radius 1 is 0.939 bits per heavy atom. The first-order valence-electron chi connectivity index (χ1n) is 10.7. The number of hydrogen-bond donors (Lipinski definition) is 1. The number of nitrogens with zero attached hydrogens (tertiary/aromatic N) is 1. The van der Waals surface area contributed by atoms with Gasteiger partial charge in [0.1, 0.15) is 24.0 Å². The lowest BCUT2D eigenvalue weighted by Crippen LogP contribution is -2.13. The predicted molar refractivity (Wildman–Crippen MR) is 133 cm³/mol. The minimum absolute atomic E-state index is 0.00598. The van der Waals surface area contributed by atoms with E-state index in [0.29, 0.717) is 23.6 Å². The van der Waals surface area contributed by atoms with E-state index < -0.39 is 5.91 Å². The summed E-state index contributed by atoms with van der Waals surface area (Å²) in [5, 5.41) is 14.4. The molecular formula is C29H24N2O2. The van der Waals surface area contributed by atoms with Gasteiger partial charge in [-0.15, -0.1) is 0 Å². The SMILES string of the molecule is Cc1cc(C)cc(COc2ccc3ccccc3c2/C=C(\C#N)C(=O)Nc2ccccc2)c1. The van der Waals surface area contributed by atoms with E-state index in [1.54, 1.807) is 18.2 Å². The monoisotopic (exact) mass is 432 g/mol. The second-order valence-corrected chi connectivity index (χ2v) is 7.97. The van der Waals surface area contributed by atoms with Gasteiger partial charge in [-0.2, -0.15) is 5.26 Å². The van der Waals surface area contributed by atoms with Crippen LogP contribution in [0.4, 0.5) is 5.69 Å². The fourth-order valence-electron chi connectivity index (χ4n) is 3.88. The van der Waals surface area contributed by atoms with E-state index in [2.05, 4.69) is 37.4 Å². The summed E-state index contributed by atoms with van der Waals surface area (Å²) in [4.78, 5) is 12.8. The number of anilines is 1. The maximum Gasteiger partial charge on any atom is 0.266 e. The van der Waals surface area contributed by atoms with Crippen LogP contribution in [0.25, 0.3) is 16.8 Å². The zero-order valence-electron chi connectivity index (χ0n) is 18.6. The lowest BCUT2D eigenvalue weighted by Gasteiger charge is -2.13. The Morgan fingerprint density at radius 2 is 1.64 bits per heavy atom. The van der Waals surface area contributed by atoms with Crippen LogP contribution in [0.1, 0.15) is 22.3 Å². The molecule has 0 fully saturated rings. The Labute approximate surface area is 193 Å². The smallest absolute Gasteiger partial charge is 0.266 e. The average Bonchev–Trinajstić information content (AvgIpc) is 2.81. The average molecular weight is 433 g/mol. The highest BCUT2D eigenvalue weighted by molar-refractivity contribution is 6.11. The molecule has 0 bridgehead atoms. The Balaban J connectivity index is 1.71. The number of rotatable bonds is 6. The number of carbonyl (C=O) groups is 1. The highest BCUT2D eigenvalue weighted by Gasteiger charge is 2.14. The molecule has 0 aromatic heterocycles. The van der Waals surface area contributed by atoms with Gasteiger partial charge >= 0.3 is 0 Å². The molecule has 0 saturated carbocycles. The third-order valence-electron chi connectivity index (χ3n) is 5.29. The summed E-state index contributed by atoms with van der Waals surface area (Å²) >= 11 is 0. The van der Waals surface area contributed by atoms with Crippen LogP contribution >= 0.6 is 0 Å². The largest absolute Gasteiger partial charge is 0.488 e. The van der Waals surface area contributed by atoms with Crippen molar-refractivity contribution in [3.05, 3.63) is 113 Å². The van der Waals surface area contributed by atoms with Gasteiger partial charge in [0.05, 0.1) is 0 Å². The van der Waals surface area contributed by atoms with E-state index in [9.17, 15) is 10.1 Å². The standard InChI is InChI=1S/C29H24N2O2/c1-20-14-21(2)16-22(15-20)19-33-28-13-12-23-8-6-7-11-26(23)27(28)17-24(18-30)29(32)31-25-9-4-3-5-10-25/h3-17H,19H2,1-2H3,(H,31,32)/b24-17+. The van der Waals surface area contributed by atoms with Crippen LogP contribution in [0.5, 0.6) is 5.75 Å². The molecule has 4 heteroatoms. The normalized spacial score (nSPS) is 11.1. The van der Waals surface area contributed by atoms with Crippen molar-refractivity contribution in [1.29, 1.82) is 5.26 Å². The molecule has 1 N–H and O–H groups in total. The number of carbonyl (C=O) groups excluding carboxylic acids is 1. The van der Waals surface area contributed by atoms with Gasteiger partial charge in [0.15, 0.2) is 0 Å². The topological polar surface area (TPSA) is 62.1 Å². The molecule has 0 radical (unpaired) electrons. The zero-order chi connectivity index (χ0) is 23.2. The molecule has 0 unspecified atom stereocenters. The van der Waals surface area contributed by atoms with Gasteiger partial charge in [-0.3, -0.25) is 4.79 Å². The number of hydrogen-bond acceptors (Lipinski definition) is 3. The predicted octanol–water partition coefficient (Wildman–Crippen LogP) is 6.58. The number of nitriles is 1. The third kappa shape index (κ3) is 5.28. The van der Waals surface area contributed by atoms with Gasteiger partial charge in [-0.05, 0) is 54.5 Å². The van der Waals surface area contributed by atoms with Crippen molar-refractivity contribution in [3.8, 4) is 11.8 Å². The van der Waals surface area contributed by atoms with Crippen LogP contribution < -0.4 is 10.1 Å². The summed E-state index contributed by atoms with van der Waals surface area (Å²) in [6, 6.07) is 29.2. The van der Waals surface area contributed by atoms with Crippen LogP contribution in [0.3, 0.4) is 0 Å². The van der Waals surface area contributed by atoms with Crippen LogP contribution in [0.15, 0.2) is 90.5 Å². The van der Waals surface area contributed by atoms with Gasteiger partial charge in [0, 0.05) is 11.3 Å². The number of nitrogens with one attached hydrogen (secondary N) is 1. The Hall–Kier alpha value is -4.36. The Kier molecular flexibility index (Phi) is 6.52. The summed E-state index contributed by atoms with van der Waals surface area (Å²) in [6.07, 6.45) is 1.61. The van der Waals surface area contributed by atoms with Crippen molar-refractivity contribution in [1.82, 2.24) is 0 Å². The number of amides is 1. The first kappa shape index (κ1) is 21.9. The molecule has 33 heavy (non-hydrogen) atoms. The van der Waals surface area contributed by atoms with E-state index in [1.165, 1.54) is 11.1 Å².